The van der Waals surface area contributed by atoms with Gasteiger partial charge in [-0.05, 0) is 43.0 Å². The second-order valence-electron chi connectivity index (χ2n) is 4.30. The number of nitrogen functional groups attached to an aromatic ring is 1. The number of hydrogen-bond donors (Lipinski definition) is 3. The molecule has 0 aliphatic heterocycles. The van der Waals surface area contributed by atoms with Gasteiger partial charge in [0.1, 0.15) is 0 Å². The normalized spacial score (nSPS) is 21.3. The zero-order valence-corrected chi connectivity index (χ0v) is 9.03. The van der Waals surface area contributed by atoms with Gasteiger partial charge >= 0.3 is 0 Å². The van der Waals surface area contributed by atoms with Crippen LogP contribution in [0.1, 0.15) is 30.5 Å². The summed E-state index contributed by atoms with van der Waals surface area (Å²) in [7, 11) is 0. The molecule has 3 heteroatoms. The molecular formula is C12H18N2O. The molecule has 0 bridgehead atoms. The van der Waals surface area contributed by atoms with Crippen LogP contribution in [0.4, 0.5) is 5.69 Å². The number of benzene rings is 1. The average molecular weight is 206 g/mol. The predicted octanol–water partition coefficient (Wildman–Crippen LogP) is 1.23. The van der Waals surface area contributed by atoms with Crippen LogP contribution in [-0.4, -0.2) is 17.8 Å². The first-order valence-corrected chi connectivity index (χ1v) is 5.46. The Labute approximate surface area is 90.3 Å². The first-order valence-electron chi connectivity index (χ1n) is 5.46. The summed E-state index contributed by atoms with van der Waals surface area (Å²) in [6, 6.07) is 6.63. The molecule has 0 saturated carbocycles. The van der Waals surface area contributed by atoms with Crippen LogP contribution < -0.4 is 11.1 Å². The molecular weight excluding hydrogens is 188 g/mol. The van der Waals surface area contributed by atoms with Crippen molar-refractivity contribution in [3.8, 4) is 0 Å². The molecule has 2 atom stereocenters. The Hall–Kier alpha value is -1.06. The lowest BCUT2D eigenvalue weighted by Crippen LogP contribution is -2.32. The summed E-state index contributed by atoms with van der Waals surface area (Å²) in [5.74, 6) is 0. The van der Waals surface area contributed by atoms with Crippen LogP contribution in [0, 0.1) is 0 Å². The van der Waals surface area contributed by atoms with Crippen LogP contribution >= 0.6 is 0 Å². The maximum atomic E-state index is 9.00. The molecule has 0 amide bonds. The van der Waals surface area contributed by atoms with E-state index in [2.05, 4.69) is 17.4 Å². The molecule has 0 saturated heterocycles. The van der Waals surface area contributed by atoms with Crippen molar-refractivity contribution in [2.75, 3.05) is 12.3 Å². The third kappa shape index (κ3) is 2.13. The Balaban J connectivity index is 2.14. The number of aliphatic hydroxyl groups excluding tert-OH is 1. The van der Waals surface area contributed by atoms with Gasteiger partial charge in [-0.2, -0.15) is 0 Å². The number of nitrogens with two attached hydrogens (primary N) is 1. The fourth-order valence-corrected chi connectivity index (χ4v) is 2.21. The van der Waals surface area contributed by atoms with E-state index in [1.807, 2.05) is 13.0 Å². The number of rotatable bonds is 3. The van der Waals surface area contributed by atoms with Crippen LogP contribution in [0.5, 0.6) is 0 Å². The number of nitrogens with one attached hydrogen (secondary N) is 1. The van der Waals surface area contributed by atoms with Crippen molar-refractivity contribution < 1.29 is 5.11 Å². The molecule has 0 radical (unpaired) electrons. The summed E-state index contributed by atoms with van der Waals surface area (Å²) >= 11 is 0. The van der Waals surface area contributed by atoms with Gasteiger partial charge < -0.3 is 16.2 Å². The van der Waals surface area contributed by atoms with Gasteiger partial charge in [0.2, 0.25) is 0 Å². The van der Waals surface area contributed by atoms with E-state index in [1.165, 1.54) is 11.1 Å². The highest BCUT2D eigenvalue weighted by atomic mass is 16.3. The van der Waals surface area contributed by atoms with Gasteiger partial charge in [0.15, 0.2) is 0 Å². The summed E-state index contributed by atoms with van der Waals surface area (Å²) in [5.41, 5.74) is 9.26. The van der Waals surface area contributed by atoms with Crippen molar-refractivity contribution >= 4 is 5.69 Å². The van der Waals surface area contributed by atoms with Crippen molar-refractivity contribution in [2.45, 2.75) is 31.8 Å². The van der Waals surface area contributed by atoms with Crippen molar-refractivity contribution in [2.24, 2.45) is 0 Å². The van der Waals surface area contributed by atoms with Crippen molar-refractivity contribution in [1.29, 1.82) is 0 Å². The summed E-state index contributed by atoms with van der Waals surface area (Å²) in [6.45, 7) is 2.18. The molecule has 82 valence electrons. The van der Waals surface area contributed by atoms with E-state index in [0.29, 0.717) is 6.04 Å². The summed E-state index contributed by atoms with van der Waals surface area (Å²) in [5, 5.41) is 12.4. The van der Waals surface area contributed by atoms with E-state index in [1.54, 1.807) is 0 Å². The molecule has 15 heavy (non-hydrogen) atoms. The lowest BCUT2D eigenvalue weighted by atomic mass is 10.1. The standard InChI is InChI=1S/C12H18N2O/c1-8(7-15)14-12-5-2-9-6-10(13)3-4-11(9)12/h3-4,6,8,12,14-15H,2,5,7,13H2,1H3. The first-order chi connectivity index (χ1) is 7.20. The van der Waals surface area contributed by atoms with Crippen LogP contribution in [0.25, 0.3) is 0 Å². The molecule has 1 aromatic carbocycles. The largest absolute Gasteiger partial charge is 0.399 e. The maximum absolute atomic E-state index is 9.00. The zero-order valence-electron chi connectivity index (χ0n) is 9.03. The molecule has 3 nitrogen and oxygen atoms in total. The van der Waals surface area contributed by atoms with Crippen LogP contribution in [-0.2, 0) is 6.42 Å². The monoisotopic (exact) mass is 206 g/mol. The van der Waals surface area contributed by atoms with Gasteiger partial charge in [0, 0.05) is 17.8 Å². The third-order valence-electron chi connectivity index (χ3n) is 3.00. The third-order valence-corrected chi connectivity index (χ3v) is 3.00. The highest BCUT2D eigenvalue weighted by Gasteiger charge is 2.23. The SMILES string of the molecule is CC(CO)NC1CCc2cc(N)ccc21. The van der Waals surface area contributed by atoms with E-state index >= 15 is 0 Å². The van der Waals surface area contributed by atoms with Crippen molar-refractivity contribution in [3.63, 3.8) is 0 Å². The summed E-state index contributed by atoms with van der Waals surface area (Å²) < 4.78 is 0. The van der Waals surface area contributed by atoms with Gasteiger partial charge in [-0.3, -0.25) is 0 Å². The van der Waals surface area contributed by atoms with E-state index in [9.17, 15) is 0 Å². The van der Waals surface area contributed by atoms with Gasteiger partial charge in [-0.15, -0.1) is 0 Å². The van der Waals surface area contributed by atoms with E-state index in [4.69, 9.17) is 10.8 Å². The molecule has 0 heterocycles. The Morgan fingerprint density at radius 3 is 3.13 bits per heavy atom. The molecule has 1 aromatic rings. The number of fused-ring (bicyclic) bond motifs is 1. The minimum atomic E-state index is 0.151. The van der Waals surface area contributed by atoms with Gasteiger partial charge in [0.25, 0.3) is 0 Å². The average Bonchev–Trinajstić information content (AvgIpc) is 2.60. The molecule has 2 rings (SSSR count). The van der Waals surface area contributed by atoms with Crippen molar-refractivity contribution in [3.05, 3.63) is 29.3 Å². The molecule has 4 N–H and O–H groups in total. The fourth-order valence-electron chi connectivity index (χ4n) is 2.21. The van der Waals surface area contributed by atoms with Crippen LogP contribution in [0.3, 0.4) is 0 Å². The molecule has 1 aliphatic rings. The summed E-state index contributed by atoms with van der Waals surface area (Å²) in [4.78, 5) is 0. The van der Waals surface area contributed by atoms with Crippen LogP contribution in [0.2, 0.25) is 0 Å². The Bertz CT molecular complexity index is 351. The predicted molar refractivity (Wildman–Crippen MR) is 61.6 cm³/mol. The van der Waals surface area contributed by atoms with E-state index < -0.39 is 0 Å². The Morgan fingerprint density at radius 1 is 1.60 bits per heavy atom. The highest BCUT2D eigenvalue weighted by molar-refractivity contribution is 5.47. The smallest absolute Gasteiger partial charge is 0.0582 e. The number of hydrogen-bond acceptors (Lipinski definition) is 3. The maximum Gasteiger partial charge on any atom is 0.0582 e. The second kappa shape index (κ2) is 4.21. The lowest BCUT2D eigenvalue weighted by Gasteiger charge is -2.18. The second-order valence-corrected chi connectivity index (χ2v) is 4.30. The van der Waals surface area contributed by atoms with E-state index in [-0.39, 0.29) is 12.6 Å². The molecule has 0 spiro atoms. The minimum Gasteiger partial charge on any atom is -0.399 e. The molecule has 0 aromatic heterocycles. The number of aliphatic hydroxyl groups is 1. The van der Waals surface area contributed by atoms with Crippen LogP contribution in [0.15, 0.2) is 18.2 Å². The van der Waals surface area contributed by atoms with Gasteiger partial charge in [-0.1, -0.05) is 6.07 Å². The van der Waals surface area contributed by atoms with E-state index in [0.717, 1.165) is 18.5 Å². The molecule has 0 fully saturated rings. The zero-order chi connectivity index (χ0) is 10.8. The Morgan fingerprint density at radius 2 is 2.40 bits per heavy atom. The lowest BCUT2D eigenvalue weighted by molar-refractivity contribution is 0.240. The van der Waals surface area contributed by atoms with Crippen molar-refractivity contribution in [1.82, 2.24) is 5.32 Å². The Kier molecular flexibility index (Phi) is 2.93. The number of anilines is 1. The molecule has 1 aliphatic carbocycles. The summed E-state index contributed by atoms with van der Waals surface area (Å²) in [6.07, 6.45) is 2.18. The number of aryl methyl sites for hydroxylation is 1. The fraction of sp³-hybridized carbons (Fsp3) is 0.500. The highest BCUT2D eigenvalue weighted by Crippen LogP contribution is 2.32. The molecule has 2 unspecified atom stereocenters. The quantitative estimate of drug-likeness (QED) is 0.652. The minimum absolute atomic E-state index is 0.151. The first kappa shape index (κ1) is 10.5. The van der Waals surface area contributed by atoms with Gasteiger partial charge in [0.05, 0.1) is 6.61 Å². The van der Waals surface area contributed by atoms with Gasteiger partial charge in [-0.25, -0.2) is 0 Å². The topological polar surface area (TPSA) is 58.3 Å².